The van der Waals surface area contributed by atoms with E-state index in [0.29, 0.717) is 6.04 Å². The summed E-state index contributed by atoms with van der Waals surface area (Å²) in [4.78, 5) is 0. The first-order chi connectivity index (χ1) is 10.0. The fraction of sp³-hybridized carbons (Fsp3) is 0.294. The summed E-state index contributed by atoms with van der Waals surface area (Å²) >= 11 is 7.07. The van der Waals surface area contributed by atoms with Gasteiger partial charge in [-0.15, -0.1) is 0 Å². The molecule has 2 aromatic carbocycles. The van der Waals surface area contributed by atoms with Gasteiger partial charge in [-0.25, -0.2) is 0 Å². The van der Waals surface area contributed by atoms with Crippen molar-refractivity contribution in [2.45, 2.75) is 19.4 Å². The van der Waals surface area contributed by atoms with Gasteiger partial charge in [-0.05, 0) is 77.3 Å². The van der Waals surface area contributed by atoms with Gasteiger partial charge in [0.25, 0.3) is 0 Å². The topological polar surface area (TPSA) is 21.3 Å². The lowest BCUT2D eigenvalue weighted by atomic mass is 9.95. The second-order valence-corrected chi connectivity index (χ2v) is 6.79. The van der Waals surface area contributed by atoms with Gasteiger partial charge < -0.3 is 10.1 Å². The first kappa shape index (κ1) is 16.5. The van der Waals surface area contributed by atoms with E-state index in [1.54, 1.807) is 7.11 Å². The number of hydrogen-bond donors (Lipinski definition) is 1. The number of methoxy groups -OCH3 is 1. The predicted molar refractivity (Wildman–Crippen MR) is 95.1 cm³/mol. The Morgan fingerprint density at radius 3 is 2.48 bits per heavy atom. The Morgan fingerprint density at radius 2 is 1.90 bits per heavy atom. The van der Waals surface area contributed by atoms with Crippen LogP contribution in [0.5, 0.6) is 5.75 Å². The molecule has 0 fully saturated rings. The summed E-state index contributed by atoms with van der Waals surface area (Å²) in [5, 5.41) is 3.41. The molecule has 0 amide bonds. The van der Waals surface area contributed by atoms with Gasteiger partial charge in [0.15, 0.2) is 0 Å². The maximum Gasteiger partial charge on any atom is 0.133 e. The molecule has 0 bridgehead atoms. The predicted octanol–water partition coefficient (Wildman–Crippen LogP) is 5.03. The Balaban J connectivity index is 2.24. The zero-order valence-electron chi connectivity index (χ0n) is 12.4. The quantitative estimate of drug-likeness (QED) is 0.743. The van der Waals surface area contributed by atoms with Crippen molar-refractivity contribution in [3.8, 4) is 5.75 Å². The normalized spacial score (nSPS) is 12.2. The SMILES string of the molecule is CNC(Cc1ccc(OC)c(Br)c1)c1ccc(Br)cc1C. The number of rotatable bonds is 5. The van der Waals surface area contributed by atoms with Crippen LogP contribution in [0.4, 0.5) is 0 Å². The highest BCUT2D eigenvalue weighted by atomic mass is 79.9. The van der Waals surface area contributed by atoms with Crippen molar-refractivity contribution in [3.05, 3.63) is 62.0 Å². The van der Waals surface area contributed by atoms with Crippen LogP contribution in [-0.2, 0) is 6.42 Å². The molecule has 0 saturated heterocycles. The van der Waals surface area contributed by atoms with Crippen LogP contribution < -0.4 is 10.1 Å². The molecule has 21 heavy (non-hydrogen) atoms. The number of nitrogens with one attached hydrogen (secondary N) is 1. The fourth-order valence-electron chi connectivity index (χ4n) is 2.47. The van der Waals surface area contributed by atoms with E-state index < -0.39 is 0 Å². The van der Waals surface area contributed by atoms with Crippen LogP contribution in [0, 0.1) is 6.92 Å². The Bertz CT molecular complexity index is 628. The summed E-state index contributed by atoms with van der Waals surface area (Å²) in [5.74, 6) is 0.861. The van der Waals surface area contributed by atoms with E-state index in [4.69, 9.17) is 4.74 Å². The highest BCUT2D eigenvalue weighted by molar-refractivity contribution is 9.10. The van der Waals surface area contributed by atoms with E-state index >= 15 is 0 Å². The van der Waals surface area contributed by atoms with Gasteiger partial charge in [0.2, 0.25) is 0 Å². The van der Waals surface area contributed by atoms with Crippen molar-refractivity contribution in [1.82, 2.24) is 5.32 Å². The molecule has 1 N–H and O–H groups in total. The summed E-state index contributed by atoms with van der Waals surface area (Å²) < 4.78 is 7.39. The average molecular weight is 413 g/mol. The van der Waals surface area contributed by atoms with E-state index in [2.05, 4.69) is 74.4 Å². The third kappa shape index (κ3) is 4.09. The van der Waals surface area contributed by atoms with Crippen LogP contribution in [0.1, 0.15) is 22.7 Å². The van der Waals surface area contributed by atoms with Gasteiger partial charge >= 0.3 is 0 Å². The minimum atomic E-state index is 0.290. The highest BCUT2D eigenvalue weighted by Gasteiger charge is 2.13. The van der Waals surface area contributed by atoms with Gasteiger partial charge in [0.1, 0.15) is 5.75 Å². The minimum absolute atomic E-state index is 0.290. The third-order valence-corrected chi connectivity index (χ3v) is 4.72. The Hall–Kier alpha value is -0.840. The maximum atomic E-state index is 5.28. The van der Waals surface area contributed by atoms with Gasteiger partial charge in [-0.2, -0.15) is 0 Å². The third-order valence-electron chi connectivity index (χ3n) is 3.61. The Kier molecular flexibility index (Phi) is 5.85. The molecular weight excluding hydrogens is 394 g/mol. The lowest BCUT2D eigenvalue weighted by molar-refractivity contribution is 0.412. The van der Waals surface area contributed by atoms with Crippen LogP contribution >= 0.6 is 31.9 Å². The second-order valence-electron chi connectivity index (χ2n) is 5.02. The standard InChI is InChI=1S/C17H19Br2NO/c1-11-8-13(18)5-6-14(11)16(20-2)10-12-4-7-17(21-3)15(19)9-12/h4-9,16,20H,10H2,1-3H3. The lowest BCUT2D eigenvalue weighted by Crippen LogP contribution is -2.19. The molecule has 0 aliphatic heterocycles. The van der Waals surface area contributed by atoms with Crippen molar-refractivity contribution in [2.24, 2.45) is 0 Å². The van der Waals surface area contributed by atoms with Crippen LogP contribution in [0.3, 0.4) is 0 Å². The number of ether oxygens (including phenoxy) is 1. The van der Waals surface area contributed by atoms with E-state index in [9.17, 15) is 0 Å². The summed E-state index contributed by atoms with van der Waals surface area (Å²) in [5.41, 5.74) is 3.88. The molecule has 0 saturated carbocycles. The Morgan fingerprint density at radius 1 is 1.14 bits per heavy atom. The van der Waals surface area contributed by atoms with Crippen molar-refractivity contribution >= 4 is 31.9 Å². The molecule has 0 aliphatic carbocycles. The zero-order valence-corrected chi connectivity index (χ0v) is 15.6. The molecule has 0 aromatic heterocycles. The van der Waals surface area contributed by atoms with E-state index in [1.807, 2.05) is 13.1 Å². The van der Waals surface area contributed by atoms with Crippen LogP contribution in [0.2, 0.25) is 0 Å². The summed E-state index contributed by atoms with van der Waals surface area (Å²) in [7, 11) is 3.69. The molecular formula is C17H19Br2NO. The van der Waals surface area contributed by atoms with Crippen LogP contribution in [-0.4, -0.2) is 14.2 Å². The number of likely N-dealkylation sites (N-methyl/N-ethyl adjacent to an activating group) is 1. The van der Waals surface area contributed by atoms with Crippen molar-refractivity contribution in [1.29, 1.82) is 0 Å². The number of benzene rings is 2. The van der Waals surface area contributed by atoms with Crippen LogP contribution in [0.15, 0.2) is 45.3 Å². The monoisotopic (exact) mass is 411 g/mol. The summed E-state index contributed by atoms with van der Waals surface area (Å²) in [6.45, 7) is 2.15. The Labute approximate surface area is 143 Å². The minimum Gasteiger partial charge on any atom is -0.496 e. The molecule has 0 radical (unpaired) electrons. The molecule has 2 aromatic rings. The van der Waals surface area contributed by atoms with Gasteiger partial charge in [-0.1, -0.05) is 28.1 Å². The fourth-order valence-corrected chi connectivity index (χ4v) is 3.53. The van der Waals surface area contributed by atoms with Crippen LogP contribution in [0.25, 0.3) is 0 Å². The van der Waals surface area contributed by atoms with Gasteiger partial charge in [0, 0.05) is 10.5 Å². The number of hydrogen-bond acceptors (Lipinski definition) is 2. The van der Waals surface area contributed by atoms with Crippen molar-refractivity contribution in [2.75, 3.05) is 14.2 Å². The maximum absolute atomic E-state index is 5.28. The lowest BCUT2D eigenvalue weighted by Gasteiger charge is -2.19. The first-order valence-electron chi connectivity index (χ1n) is 6.81. The molecule has 4 heteroatoms. The molecule has 2 nitrogen and oxygen atoms in total. The molecule has 0 aliphatic rings. The molecule has 2 rings (SSSR count). The molecule has 1 unspecified atom stereocenters. The van der Waals surface area contributed by atoms with Crippen molar-refractivity contribution in [3.63, 3.8) is 0 Å². The zero-order chi connectivity index (χ0) is 15.4. The van der Waals surface area contributed by atoms with E-state index in [1.165, 1.54) is 16.7 Å². The smallest absolute Gasteiger partial charge is 0.133 e. The van der Waals surface area contributed by atoms with Gasteiger partial charge in [0.05, 0.1) is 11.6 Å². The second kappa shape index (κ2) is 7.43. The molecule has 1 atom stereocenters. The first-order valence-corrected chi connectivity index (χ1v) is 8.39. The summed E-state index contributed by atoms with van der Waals surface area (Å²) in [6.07, 6.45) is 0.932. The number of halogens is 2. The van der Waals surface area contributed by atoms with Crippen molar-refractivity contribution < 1.29 is 4.74 Å². The molecule has 112 valence electrons. The van der Waals surface area contributed by atoms with Gasteiger partial charge in [-0.3, -0.25) is 0 Å². The molecule has 0 spiro atoms. The van der Waals surface area contributed by atoms with E-state index in [0.717, 1.165) is 21.1 Å². The number of aryl methyl sites for hydroxylation is 1. The largest absolute Gasteiger partial charge is 0.496 e. The summed E-state index contributed by atoms with van der Waals surface area (Å²) in [6, 6.07) is 13.0. The molecule has 0 heterocycles. The average Bonchev–Trinajstić information content (AvgIpc) is 2.45. The highest BCUT2D eigenvalue weighted by Crippen LogP contribution is 2.29. The van der Waals surface area contributed by atoms with E-state index in [-0.39, 0.29) is 0 Å².